The zero-order valence-electron chi connectivity index (χ0n) is 10.9. The smallest absolute Gasteiger partial charge is 0.261 e. The van der Waals surface area contributed by atoms with Gasteiger partial charge in [-0.05, 0) is 35.0 Å². The summed E-state index contributed by atoms with van der Waals surface area (Å²) in [5, 5.41) is 7.15. The summed E-state index contributed by atoms with van der Waals surface area (Å²) in [6, 6.07) is 11.8. The van der Waals surface area contributed by atoms with E-state index in [2.05, 4.69) is 28.2 Å². The third kappa shape index (κ3) is 3.55. The molecule has 3 aromatic heterocycles. The molecule has 0 saturated heterocycles. The maximum Gasteiger partial charge on any atom is 0.261 e. The molecular weight excluding hydrogens is 342 g/mol. The van der Waals surface area contributed by atoms with Crippen molar-refractivity contribution in [1.29, 1.82) is 0 Å². The Morgan fingerprint density at radius 1 is 1.10 bits per heavy atom. The van der Waals surface area contributed by atoms with Gasteiger partial charge >= 0.3 is 0 Å². The highest BCUT2D eigenvalue weighted by atomic mass is 35.5. The van der Waals surface area contributed by atoms with Crippen molar-refractivity contribution in [2.75, 3.05) is 6.54 Å². The van der Waals surface area contributed by atoms with Crippen LogP contribution in [0.1, 0.15) is 25.3 Å². The molecule has 3 rings (SSSR count). The number of carbonyl (C=O) groups is 1. The molecule has 6 heteroatoms. The van der Waals surface area contributed by atoms with Gasteiger partial charge in [-0.15, -0.1) is 34.0 Å². The highest BCUT2D eigenvalue weighted by Crippen LogP contribution is 2.31. The third-order valence-electron chi connectivity index (χ3n) is 3.04. The molecular formula is C15H12ClNOS3. The summed E-state index contributed by atoms with van der Waals surface area (Å²) in [7, 11) is 0. The molecule has 21 heavy (non-hydrogen) atoms. The molecule has 0 aliphatic carbocycles. The third-order valence-corrected chi connectivity index (χ3v) is 6.24. The first kappa shape index (κ1) is 14.8. The van der Waals surface area contributed by atoms with Gasteiger partial charge in [-0.25, -0.2) is 0 Å². The van der Waals surface area contributed by atoms with Gasteiger partial charge < -0.3 is 5.32 Å². The fourth-order valence-corrected chi connectivity index (χ4v) is 4.76. The molecule has 108 valence electrons. The largest absolute Gasteiger partial charge is 0.350 e. The molecule has 3 heterocycles. The van der Waals surface area contributed by atoms with Crippen LogP contribution in [0.3, 0.4) is 0 Å². The van der Waals surface area contributed by atoms with E-state index < -0.39 is 0 Å². The minimum atomic E-state index is -0.0648. The highest BCUT2D eigenvalue weighted by Gasteiger charge is 2.18. The lowest BCUT2D eigenvalue weighted by atomic mass is 10.1. The Balaban J connectivity index is 1.72. The van der Waals surface area contributed by atoms with E-state index in [0.717, 1.165) is 0 Å². The van der Waals surface area contributed by atoms with Gasteiger partial charge in [-0.2, -0.15) is 0 Å². The second-order valence-corrected chi connectivity index (χ2v) is 8.07. The van der Waals surface area contributed by atoms with Gasteiger partial charge in [0.15, 0.2) is 0 Å². The van der Waals surface area contributed by atoms with Crippen LogP contribution in [0.4, 0.5) is 0 Å². The zero-order chi connectivity index (χ0) is 14.7. The van der Waals surface area contributed by atoms with Crippen LogP contribution < -0.4 is 5.32 Å². The Hall–Kier alpha value is -1.14. The minimum Gasteiger partial charge on any atom is -0.350 e. The molecule has 1 amide bonds. The van der Waals surface area contributed by atoms with Crippen LogP contribution in [0.25, 0.3) is 0 Å². The molecule has 0 radical (unpaired) electrons. The molecule has 0 aromatic carbocycles. The van der Waals surface area contributed by atoms with Gasteiger partial charge in [0.25, 0.3) is 5.91 Å². The van der Waals surface area contributed by atoms with Crippen LogP contribution >= 0.6 is 45.6 Å². The quantitative estimate of drug-likeness (QED) is 0.680. The van der Waals surface area contributed by atoms with Crippen molar-refractivity contribution in [2.24, 2.45) is 0 Å². The summed E-state index contributed by atoms with van der Waals surface area (Å²) in [4.78, 5) is 15.3. The lowest BCUT2D eigenvalue weighted by molar-refractivity contribution is 0.0956. The van der Waals surface area contributed by atoms with Gasteiger partial charge in [-0.1, -0.05) is 23.7 Å². The van der Waals surface area contributed by atoms with Gasteiger partial charge in [-0.3, -0.25) is 4.79 Å². The summed E-state index contributed by atoms with van der Waals surface area (Å²) in [6.07, 6.45) is 0. The topological polar surface area (TPSA) is 29.1 Å². The van der Waals surface area contributed by atoms with Crippen molar-refractivity contribution in [3.05, 3.63) is 66.1 Å². The van der Waals surface area contributed by atoms with Crippen LogP contribution in [-0.2, 0) is 0 Å². The molecule has 0 unspecified atom stereocenters. The van der Waals surface area contributed by atoms with E-state index in [1.165, 1.54) is 21.1 Å². The van der Waals surface area contributed by atoms with Crippen molar-refractivity contribution in [3.63, 3.8) is 0 Å². The first-order chi connectivity index (χ1) is 10.2. The van der Waals surface area contributed by atoms with Crippen LogP contribution in [0, 0.1) is 0 Å². The Morgan fingerprint density at radius 3 is 2.24 bits per heavy atom. The first-order valence-electron chi connectivity index (χ1n) is 6.34. The maximum atomic E-state index is 12.1. The van der Waals surface area contributed by atoms with E-state index in [-0.39, 0.29) is 11.8 Å². The molecule has 0 fully saturated rings. The second-order valence-electron chi connectivity index (χ2n) is 4.40. The van der Waals surface area contributed by atoms with E-state index in [1.54, 1.807) is 34.8 Å². The number of amides is 1. The maximum absolute atomic E-state index is 12.1. The van der Waals surface area contributed by atoms with Crippen molar-refractivity contribution in [3.8, 4) is 0 Å². The molecule has 2 nitrogen and oxygen atoms in total. The number of rotatable bonds is 5. The second kappa shape index (κ2) is 6.75. The zero-order valence-corrected chi connectivity index (χ0v) is 14.1. The van der Waals surface area contributed by atoms with Crippen LogP contribution in [0.2, 0.25) is 4.34 Å². The van der Waals surface area contributed by atoms with Crippen molar-refractivity contribution < 1.29 is 4.79 Å². The Kier molecular flexibility index (Phi) is 4.75. The fraction of sp³-hybridized carbons (Fsp3) is 0.133. The summed E-state index contributed by atoms with van der Waals surface area (Å²) in [6.45, 7) is 0.593. The summed E-state index contributed by atoms with van der Waals surface area (Å²) in [5.74, 6) is 0.148. The number of carbonyl (C=O) groups excluding carboxylic acids is 1. The number of thiophene rings is 3. The average Bonchev–Trinajstić information content (AvgIpc) is 3.21. The summed E-state index contributed by atoms with van der Waals surface area (Å²) >= 11 is 10.6. The fourth-order valence-electron chi connectivity index (χ4n) is 2.04. The van der Waals surface area contributed by atoms with E-state index in [9.17, 15) is 4.79 Å². The van der Waals surface area contributed by atoms with E-state index in [4.69, 9.17) is 11.6 Å². The summed E-state index contributed by atoms with van der Waals surface area (Å²) < 4.78 is 0.633. The number of nitrogens with one attached hydrogen (secondary N) is 1. The van der Waals surface area contributed by atoms with Crippen LogP contribution in [0.5, 0.6) is 0 Å². The molecule has 0 aliphatic heterocycles. The molecule has 0 spiro atoms. The van der Waals surface area contributed by atoms with E-state index in [1.807, 2.05) is 12.1 Å². The Labute approximate surface area is 140 Å². The van der Waals surface area contributed by atoms with E-state index >= 15 is 0 Å². The standard InChI is InChI=1S/C15H12ClNOS3/c16-14-6-5-13(21-14)15(18)17-9-10(11-3-1-7-19-11)12-4-2-8-20-12/h1-8,10H,9H2,(H,17,18). The van der Waals surface area contributed by atoms with Crippen molar-refractivity contribution in [1.82, 2.24) is 5.32 Å². The highest BCUT2D eigenvalue weighted by molar-refractivity contribution is 7.18. The van der Waals surface area contributed by atoms with Gasteiger partial charge in [0.2, 0.25) is 0 Å². The molecule has 0 atom stereocenters. The van der Waals surface area contributed by atoms with Crippen LogP contribution in [-0.4, -0.2) is 12.5 Å². The van der Waals surface area contributed by atoms with Gasteiger partial charge in [0.1, 0.15) is 0 Å². The molecule has 0 aliphatic rings. The normalized spacial score (nSPS) is 11.0. The van der Waals surface area contributed by atoms with Gasteiger partial charge in [0, 0.05) is 22.2 Å². The molecule has 1 N–H and O–H groups in total. The van der Waals surface area contributed by atoms with Gasteiger partial charge in [0.05, 0.1) is 9.21 Å². The Bertz CT molecular complexity index is 669. The molecule has 3 aromatic rings. The summed E-state index contributed by atoms with van der Waals surface area (Å²) in [5.41, 5.74) is 0. The average molecular weight is 354 g/mol. The SMILES string of the molecule is O=C(NCC(c1cccs1)c1cccs1)c1ccc(Cl)s1. The molecule has 0 bridgehead atoms. The predicted octanol–water partition coefficient (Wildman–Crippen LogP) is 5.09. The Morgan fingerprint density at radius 2 is 1.76 bits per heavy atom. The number of hydrogen-bond acceptors (Lipinski definition) is 4. The van der Waals surface area contributed by atoms with Crippen molar-refractivity contribution >= 4 is 51.5 Å². The lowest BCUT2D eigenvalue weighted by Gasteiger charge is -2.14. The molecule has 0 saturated carbocycles. The minimum absolute atomic E-state index is 0.0648. The van der Waals surface area contributed by atoms with Crippen molar-refractivity contribution in [2.45, 2.75) is 5.92 Å². The van der Waals surface area contributed by atoms with Crippen LogP contribution in [0.15, 0.2) is 47.2 Å². The predicted molar refractivity (Wildman–Crippen MR) is 92.1 cm³/mol. The number of halogens is 1. The monoisotopic (exact) mass is 353 g/mol. The number of hydrogen-bond donors (Lipinski definition) is 1. The lowest BCUT2D eigenvalue weighted by Crippen LogP contribution is -2.27. The first-order valence-corrected chi connectivity index (χ1v) is 9.30. The van der Waals surface area contributed by atoms with E-state index in [0.29, 0.717) is 15.8 Å².